The van der Waals surface area contributed by atoms with Gasteiger partial charge in [0.1, 0.15) is 0 Å². The zero-order valence-corrected chi connectivity index (χ0v) is 7.28. The Morgan fingerprint density at radius 1 is 1.36 bits per heavy atom. The van der Waals surface area contributed by atoms with Gasteiger partial charge in [0, 0.05) is 5.56 Å². The van der Waals surface area contributed by atoms with Crippen LogP contribution in [0.15, 0.2) is 30.3 Å². The van der Waals surface area contributed by atoms with Crippen molar-refractivity contribution < 1.29 is 9.90 Å². The molecule has 0 aliphatic rings. The van der Waals surface area contributed by atoms with Crippen molar-refractivity contribution in [3.8, 4) is 0 Å². The van der Waals surface area contributed by atoms with Crippen molar-refractivity contribution in [2.24, 2.45) is 0 Å². The fourth-order valence-corrected chi connectivity index (χ4v) is 1.00. The highest BCUT2D eigenvalue weighted by atomic mass is 79.9. The second kappa shape index (κ2) is 3.64. The Labute approximate surface area is 73.0 Å². The highest BCUT2D eigenvalue weighted by Crippen LogP contribution is 2.06. The van der Waals surface area contributed by atoms with Crippen LogP contribution in [0.5, 0.6) is 0 Å². The van der Waals surface area contributed by atoms with E-state index in [1.807, 2.05) is 6.07 Å². The standard InChI is InChI=1S/C8H7BrO2/c9-8(11)7(10)6-4-2-1-3-5-6/h1-5,8,11H. The molecule has 1 rings (SSSR count). The molecule has 0 radical (unpaired) electrons. The number of halogens is 1. The summed E-state index contributed by atoms with van der Waals surface area (Å²) in [5, 5.41) is 7.75. The number of rotatable bonds is 2. The lowest BCUT2D eigenvalue weighted by Crippen LogP contribution is -2.12. The summed E-state index contributed by atoms with van der Waals surface area (Å²) in [6, 6.07) is 8.64. The van der Waals surface area contributed by atoms with Gasteiger partial charge in [-0.25, -0.2) is 0 Å². The fraction of sp³-hybridized carbons (Fsp3) is 0.125. The maximum absolute atomic E-state index is 11.0. The molecule has 1 N–H and O–H groups in total. The molecule has 0 heterocycles. The summed E-state index contributed by atoms with van der Waals surface area (Å²) in [7, 11) is 0. The molecule has 1 aromatic rings. The zero-order valence-electron chi connectivity index (χ0n) is 5.70. The van der Waals surface area contributed by atoms with E-state index >= 15 is 0 Å². The molecule has 1 unspecified atom stereocenters. The van der Waals surface area contributed by atoms with E-state index in [1.165, 1.54) is 0 Å². The van der Waals surface area contributed by atoms with E-state index in [9.17, 15) is 4.79 Å². The first-order valence-corrected chi connectivity index (χ1v) is 4.05. The molecule has 3 heteroatoms. The van der Waals surface area contributed by atoms with Crippen LogP contribution in [0.2, 0.25) is 0 Å². The lowest BCUT2D eigenvalue weighted by atomic mass is 10.1. The molecule has 0 spiro atoms. The first kappa shape index (κ1) is 8.43. The highest BCUT2D eigenvalue weighted by molar-refractivity contribution is 9.09. The maximum atomic E-state index is 11.0. The third-order valence-electron chi connectivity index (χ3n) is 1.27. The second-order valence-electron chi connectivity index (χ2n) is 2.07. The third-order valence-corrected chi connectivity index (χ3v) is 1.69. The van der Waals surface area contributed by atoms with Crippen molar-refractivity contribution in [1.82, 2.24) is 0 Å². The minimum Gasteiger partial charge on any atom is -0.374 e. The van der Waals surface area contributed by atoms with Crippen molar-refractivity contribution in [2.75, 3.05) is 0 Å². The van der Waals surface area contributed by atoms with Gasteiger partial charge >= 0.3 is 0 Å². The summed E-state index contributed by atoms with van der Waals surface area (Å²) < 4.78 is 0. The molecular weight excluding hydrogens is 208 g/mol. The molecule has 0 aliphatic heterocycles. The molecular formula is C8H7BrO2. The molecule has 2 nitrogen and oxygen atoms in total. The molecule has 0 amide bonds. The molecule has 1 aromatic carbocycles. The van der Waals surface area contributed by atoms with Gasteiger partial charge in [0.25, 0.3) is 0 Å². The minimum atomic E-state index is -1.09. The predicted molar refractivity (Wildman–Crippen MR) is 45.7 cm³/mol. The van der Waals surface area contributed by atoms with Gasteiger partial charge in [-0.05, 0) is 15.9 Å². The van der Waals surface area contributed by atoms with Crippen LogP contribution < -0.4 is 0 Å². The average Bonchev–Trinajstić information content (AvgIpc) is 2.05. The van der Waals surface area contributed by atoms with E-state index in [-0.39, 0.29) is 5.78 Å². The van der Waals surface area contributed by atoms with Crippen molar-refractivity contribution >= 4 is 21.7 Å². The molecule has 0 saturated heterocycles. The summed E-state index contributed by atoms with van der Waals surface area (Å²) in [4.78, 5) is 11.0. The van der Waals surface area contributed by atoms with Crippen molar-refractivity contribution in [3.63, 3.8) is 0 Å². The number of carbonyl (C=O) groups excluding carboxylic acids is 1. The molecule has 11 heavy (non-hydrogen) atoms. The van der Waals surface area contributed by atoms with Crippen LogP contribution in [0.1, 0.15) is 10.4 Å². The van der Waals surface area contributed by atoms with E-state index in [4.69, 9.17) is 5.11 Å². The fourth-order valence-electron chi connectivity index (χ4n) is 0.740. The third kappa shape index (κ3) is 2.13. The Kier molecular flexibility index (Phi) is 2.79. The van der Waals surface area contributed by atoms with Crippen LogP contribution in [-0.4, -0.2) is 15.9 Å². The minimum absolute atomic E-state index is 0.314. The maximum Gasteiger partial charge on any atom is 0.202 e. The summed E-state index contributed by atoms with van der Waals surface area (Å²) in [5.41, 5.74) is 0.511. The van der Waals surface area contributed by atoms with E-state index < -0.39 is 5.01 Å². The van der Waals surface area contributed by atoms with Crippen molar-refractivity contribution in [1.29, 1.82) is 0 Å². The Bertz CT molecular complexity index is 244. The molecule has 58 valence electrons. The number of alkyl halides is 1. The molecule has 0 aliphatic carbocycles. The highest BCUT2D eigenvalue weighted by Gasteiger charge is 2.11. The first-order valence-electron chi connectivity index (χ1n) is 3.13. The van der Waals surface area contributed by atoms with Crippen LogP contribution in [-0.2, 0) is 0 Å². The van der Waals surface area contributed by atoms with Crippen LogP contribution in [0.25, 0.3) is 0 Å². The van der Waals surface area contributed by atoms with Gasteiger partial charge in [-0.15, -0.1) is 0 Å². The molecule has 0 bridgehead atoms. The predicted octanol–water partition coefficient (Wildman–Crippen LogP) is 1.58. The summed E-state index contributed by atoms with van der Waals surface area (Å²) >= 11 is 2.78. The lowest BCUT2D eigenvalue weighted by molar-refractivity contribution is 0.0875. The van der Waals surface area contributed by atoms with Gasteiger partial charge in [0.05, 0.1) is 0 Å². The topological polar surface area (TPSA) is 37.3 Å². The first-order chi connectivity index (χ1) is 5.22. The van der Waals surface area contributed by atoms with Crippen LogP contribution >= 0.6 is 15.9 Å². The van der Waals surface area contributed by atoms with Gasteiger partial charge in [0.15, 0.2) is 5.01 Å². The van der Waals surface area contributed by atoms with E-state index in [0.29, 0.717) is 5.56 Å². The Morgan fingerprint density at radius 3 is 2.36 bits per heavy atom. The number of aliphatic hydroxyl groups excluding tert-OH is 1. The number of aliphatic hydroxyl groups is 1. The van der Waals surface area contributed by atoms with Gasteiger partial charge in [-0.1, -0.05) is 30.3 Å². The van der Waals surface area contributed by atoms with Crippen molar-refractivity contribution in [2.45, 2.75) is 5.01 Å². The number of hydrogen-bond acceptors (Lipinski definition) is 2. The summed E-state index contributed by atoms with van der Waals surface area (Å²) in [6.45, 7) is 0. The summed E-state index contributed by atoms with van der Waals surface area (Å²) in [5.74, 6) is -0.314. The normalized spacial score (nSPS) is 12.5. The van der Waals surface area contributed by atoms with Gasteiger partial charge in [0.2, 0.25) is 5.78 Å². The SMILES string of the molecule is O=C(c1ccccc1)C(O)Br. The van der Waals surface area contributed by atoms with E-state index in [1.54, 1.807) is 24.3 Å². The average molecular weight is 215 g/mol. The molecule has 1 atom stereocenters. The second-order valence-corrected chi connectivity index (χ2v) is 2.93. The van der Waals surface area contributed by atoms with Gasteiger partial charge in [-0.2, -0.15) is 0 Å². The largest absolute Gasteiger partial charge is 0.374 e. The van der Waals surface area contributed by atoms with Crippen LogP contribution in [0.3, 0.4) is 0 Å². The van der Waals surface area contributed by atoms with E-state index in [2.05, 4.69) is 15.9 Å². The van der Waals surface area contributed by atoms with Crippen molar-refractivity contribution in [3.05, 3.63) is 35.9 Å². The van der Waals surface area contributed by atoms with Gasteiger partial charge < -0.3 is 5.11 Å². The van der Waals surface area contributed by atoms with Crippen LogP contribution in [0.4, 0.5) is 0 Å². The quantitative estimate of drug-likeness (QED) is 0.600. The van der Waals surface area contributed by atoms with Gasteiger partial charge in [-0.3, -0.25) is 4.79 Å². The molecule has 0 saturated carbocycles. The molecule has 0 fully saturated rings. The number of carbonyl (C=O) groups is 1. The molecule has 0 aromatic heterocycles. The Morgan fingerprint density at radius 2 is 1.91 bits per heavy atom. The number of Topliss-reactive ketones (excluding diaryl/α,β-unsaturated/α-hetero) is 1. The lowest BCUT2D eigenvalue weighted by Gasteiger charge is -1.99. The Hall–Kier alpha value is -0.670. The summed E-state index contributed by atoms with van der Waals surface area (Å²) in [6.07, 6.45) is 0. The smallest absolute Gasteiger partial charge is 0.202 e. The monoisotopic (exact) mass is 214 g/mol. The number of hydrogen-bond donors (Lipinski definition) is 1. The zero-order chi connectivity index (χ0) is 8.27. The van der Waals surface area contributed by atoms with E-state index in [0.717, 1.165) is 0 Å². The number of benzene rings is 1. The number of ketones is 1. The Balaban J connectivity index is 2.86. The van der Waals surface area contributed by atoms with Crippen LogP contribution in [0, 0.1) is 0 Å².